The number of aromatic nitrogens is 1. The standard InChI is InChI=1S/C30H25N3O5S2/c1-17-9-8-10-18(15-17)31-22(34)16-32-29-26(40-30(32)37)23(20-13-6-7-14-21(20)38-2)24-25(39-29)28(36)33(27(24)35)19-11-4-3-5-12-19/h3-15,23-25H,16H2,1-2H3,(H,31,34)/t23-,24?,25?/m1/s1. The quantitative estimate of drug-likeness (QED) is 0.338. The zero-order valence-corrected chi connectivity index (χ0v) is 23.3. The van der Waals surface area contributed by atoms with Crippen molar-refractivity contribution < 1.29 is 19.1 Å². The maximum Gasteiger partial charge on any atom is 0.308 e. The van der Waals surface area contributed by atoms with Gasteiger partial charge in [0.1, 0.15) is 17.5 Å². The molecule has 0 aliphatic carbocycles. The van der Waals surface area contributed by atoms with E-state index in [0.29, 0.717) is 27.0 Å². The summed E-state index contributed by atoms with van der Waals surface area (Å²) in [6, 6.07) is 23.6. The highest BCUT2D eigenvalue weighted by Crippen LogP contribution is 2.55. The van der Waals surface area contributed by atoms with Gasteiger partial charge in [-0.2, -0.15) is 0 Å². The van der Waals surface area contributed by atoms with Crippen LogP contribution in [0, 0.1) is 12.8 Å². The molecule has 3 amide bonds. The highest BCUT2D eigenvalue weighted by molar-refractivity contribution is 8.00. The molecular weight excluding hydrogens is 546 g/mol. The van der Waals surface area contributed by atoms with Crippen molar-refractivity contribution in [3.63, 3.8) is 0 Å². The van der Waals surface area contributed by atoms with E-state index in [-0.39, 0.29) is 29.1 Å². The van der Waals surface area contributed by atoms with Crippen LogP contribution in [0.2, 0.25) is 0 Å². The summed E-state index contributed by atoms with van der Waals surface area (Å²) in [6.07, 6.45) is 0. The number of ether oxygens (including phenoxy) is 1. The number of nitrogens with zero attached hydrogens (tertiary/aromatic N) is 2. The number of imide groups is 1. The number of carbonyl (C=O) groups excluding carboxylic acids is 3. The van der Waals surface area contributed by atoms with Crippen LogP contribution in [-0.2, 0) is 20.9 Å². The molecule has 1 aromatic heterocycles. The van der Waals surface area contributed by atoms with Gasteiger partial charge in [0.2, 0.25) is 17.7 Å². The van der Waals surface area contributed by atoms with Gasteiger partial charge in [-0.15, -0.1) is 0 Å². The number of anilines is 2. The number of thiazole rings is 1. The van der Waals surface area contributed by atoms with E-state index in [4.69, 9.17) is 4.74 Å². The van der Waals surface area contributed by atoms with E-state index in [1.807, 2.05) is 49.4 Å². The molecule has 1 fully saturated rings. The fourth-order valence-electron chi connectivity index (χ4n) is 5.41. The molecule has 4 aromatic rings. The molecule has 0 bridgehead atoms. The maximum atomic E-state index is 14.0. The average Bonchev–Trinajstić information content (AvgIpc) is 3.39. The Bertz CT molecular complexity index is 1700. The lowest BCUT2D eigenvalue weighted by Crippen LogP contribution is -2.33. The summed E-state index contributed by atoms with van der Waals surface area (Å²) in [7, 11) is 1.55. The van der Waals surface area contributed by atoms with E-state index < -0.39 is 17.1 Å². The van der Waals surface area contributed by atoms with Gasteiger partial charge in [-0.25, -0.2) is 4.90 Å². The van der Waals surface area contributed by atoms with Crippen molar-refractivity contribution >= 4 is 52.2 Å². The number of aryl methyl sites for hydroxylation is 1. The van der Waals surface area contributed by atoms with E-state index in [1.165, 1.54) is 21.2 Å². The van der Waals surface area contributed by atoms with E-state index in [2.05, 4.69) is 5.32 Å². The lowest BCUT2D eigenvalue weighted by atomic mass is 9.82. The fourth-order valence-corrected chi connectivity index (χ4v) is 8.18. The molecule has 8 nitrogen and oxygen atoms in total. The van der Waals surface area contributed by atoms with Crippen LogP contribution in [0.15, 0.2) is 88.7 Å². The van der Waals surface area contributed by atoms with Gasteiger partial charge in [0.15, 0.2) is 0 Å². The van der Waals surface area contributed by atoms with Gasteiger partial charge in [-0.05, 0) is 42.8 Å². The third-order valence-corrected chi connectivity index (χ3v) is 9.74. The topological polar surface area (TPSA) is 97.7 Å². The first-order chi connectivity index (χ1) is 19.4. The van der Waals surface area contributed by atoms with Crippen LogP contribution in [0.5, 0.6) is 5.75 Å². The fraction of sp³-hybridized carbons (Fsp3) is 0.200. The highest BCUT2D eigenvalue weighted by atomic mass is 32.2. The molecule has 2 unspecified atom stereocenters. The lowest BCUT2D eigenvalue weighted by Gasteiger charge is -2.31. The molecule has 1 saturated heterocycles. The number of methoxy groups -OCH3 is 1. The van der Waals surface area contributed by atoms with Crippen molar-refractivity contribution in [3.8, 4) is 5.75 Å². The Hall–Kier alpha value is -4.15. The number of benzene rings is 3. The van der Waals surface area contributed by atoms with Gasteiger partial charge >= 0.3 is 4.87 Å². The number of nitrogens with one attached hydrogen (secondary N) is 1. The molecule has 3 aromatic carbocycles. The molecule has 6 rings (SSSR count). The number of rotatable bonds is 6. The summed E-state index contributed by atoms with van der Waals surface area (Å²) < 4.78 is 7.07. The van der Waals surface area contributed by atoms with E-state index in [0.717, 1.165) is 22.5 Å². The summed E-state index contributed by atoms with van der Waals surface area (Å²) in [6.45, 7) is 1.71. The smallest absolute Gasteiger partial charge is 0.308 e. The molecule has 202 valence electrons. The average molecular weight is 572 g/mol. The summed E-state index contributed by atoms with van der Waals surface area (Å²) in [5, 5.41) is 2.62. The Kier molecular flexibility index (Phi) is 6.81. The van der Waals surface area contributed by atoms with Crippen molar-refractivity contribution in [2.24, 2.45) is 5.92 Å². The van der Waals surface area contributed by atoms with Crippen molar-refractivity contribution in [1.82, 2.24) is 4.57 Å². The lowest BCUT2D eigenvalue weighted by molar-refractivity contribution is -0.122. The minimum absolute atomic E-state index is 0.216. The van der Waals surface area contributed by atoms with Gasteiger partial charge in [-0.1, -0.05) is 71.6 Å². The SMILES string of the molecule is COc1ccccc1[C@H]1c2sc(=O)n(CC(=O)Nc3cccc(C)c3)c2SC2C(=O)N(c3ccccc3)C(=O)C21. The van der Waals surface area contributed by atoms with Crippen LogP contribution in [0.25, 0.3) is 0 Å². The second-order valence-electron chi connectivity index (χ2n) is 9.67. The number of para-hydroxylation sites is 2. The van der Waals surface area contributed by atoms with Crippen molar-refractivity contribution in [2.75, 3.05) is 17.3 Å². The van der Waals surface area contributed by atoms with Crippen LogP contribution >= 0.6 is 23.1 Å². The van der Waals surface area contributed by atoms with Crippen molar-refractivity contribution in [1.29, 1.82) is 0 Å². The summed E-state index contributed by atoms with van der Waals surface area (Å²) in [5.41, 5.74) is 2.85. The minimum Gasteiger partial charge on any atom is -0.496 e. The number of amides is 3. The Balaban J connectivity index is 1.44. The number of hydrogen-bond acceptors (Lipinski definition) is 7. The molecule has 3 heterocycles. The summed E-state index contributed by atoms with van der Waals surface area (Å²) >= 11 is 2.20. The Morgan fingerprint density at radius 3 is 2.45 bits per heavy atom. The van der Waals surface area contributed by atoms with Crippen LogP contribution < -0.4 is 19.8 Å². The predicted octanol–water partition coefficient (Wildman–Crippen LogP) is 4.66. The Labute approximate surface area is 238 Å². The van der Waals surface area contributed by atoms with Crippen LogP contribution in [0.4, 0.5) is 11.4 Å². The largest absolute Gasteiger partial charge is 0.496 e. The number of carbonyl (C=O) groups is 3. The number of fused-ring (bicyclic) bond motifs is 2. The second kappa shape index (κ2) is 10.4. The maximum absolute atomic E-state index is 14.0. The zero-order chi connectivity index (χ0) is 28.0. The molecule has 40 heavy (non-hydrogen) atoms. The van der Waals surface area contributed by atoms with Gasteiger partial charge in [0, 0.05) is 22.0 Å². The first kappa shape index (κ1) is 26.1. The van der Waals surface area contributed by atoms with E-state index >= 15 is 0 Å². The molecule has 1 N–H and O–H groups in total. The molecule has 2 aliphatic heterocycles. The highest BCUT2D eigenvalue weighted by Gasteiger charge is 2.57. The van der Waals surface area contributed by atoms with Crippen LogP contribution in [0.3, 0.4) is 0 Å². The molecule has 10 heteroatoms. The van der Waals surface area contributed by atoms with E-state index in [9.17, 15) is 19.2 Å². The van der Waals surface area contributed by atoms with Gasteiger partial charge < -0.3 is 10.1 Å². The molecular formula is C30H25N3O5S2. The normalized spacial score (nSPS) is 19.8. The second-order valence-corrected chi connectivity index (χ2v) is 11.8. The van der Waals surface area contributed by atoms with Gasteiger partial charge in [0.05, 0.1) is 23.7 Å². The van der Waals surface area contributed by atoms with Gasteiger partial charge in [0.25, 0.3) is 0 Å². The third kappa shape index (κ3) is 4.43. The molecule has 0 spiro atoms. The summed E-state index contributed by atoms with van der Waals surface area (Å²) in [5.74, 6) is -1.79. The van der Waals surface area contributed by atoms with Gasteiger partial charge in [-0.3, -0.25) is 23.7 Å². The first-order valence-corrected chi connectivity index (χ1v) is 14.4. The third-order valence-electron chi connectivity index (χ3n) is 7.14. The van der Waals surface area contributed by atoms with Crippen LogP contribution in [-0.4, -0.2) is 34.6 Å². The minimum atomic E-state index is -0.768. The molecule has 3 atom stereocenters. The zero-order valence-electron chi connectivity index (χ0n) is 21.7. The number of hydrogen-bond donors (Lipinski definition) is 1. The Morgan fingerprint density at radius 2 is 1.70 bits per heavy atom. The molecule has 2 aliphatic rings. The summed E-state index contributed by atoms with van der Waals surface area (Å²) in [4.78, 5) is 55.7. The van der Waals surface area contributed by atoms with E-state index in [1.54, 1.807) is 43.5 Å². The van der Waals surface area contributed by atoms with Crippen molar-refractivity contribution in [3.05, 3.63) is 105 Å². The van der Waals surface area contributed by atoms with Crippen LogP contribution in [0.1, 0.15) is 21.9 Å². The predicted molar refractivity (Wildman–Crippen MR) is 155 cm³/mol. The molecule has 0 saturated carbocycles. The monoisotopic (exact) mass is 571 g/mol. The number of thioether (sulfide) groups is 1. The Morgan fingerprint density at radius 1 is 0.950 bits per heavy atom. The molecule has 0 radical (unpaired) electrons. The van der Waals surface area contributed by atoms with Crippen molar-refractivity contribution in [2.45, 2.75) is 29.7 Å². The first-order valence-electron chi connectivity index (χ1n) is 12.7.